The van der Waals surface area contributed by atoms with Crippen molar-refractivity contribution in [3.8, 4) is 0 Å². The van der Waals surface area contributed by atoms with Crippen LogP contribution in [-0.4, -0.2) is 23.5 Å². The molecule has 0 amide bonds. The molecule has 1 N–H and O–H groups in total. The summed E-state index contributed by atoms with van der Waals surface area (Å²) in [5.74, 6) is 2.08. The Morgan fingerprint density at radius 3 is 2.92 bits per heavy atom. The summed E-state index contributed by atoms with van der Waals surface area (Å²) >= 11 is 1.87. The first-order valence-electron chi connectivity index (χ1n) is 4.78. The first kappa shape index (κ1) is 8.42. The van der Waals surface area contributed by atoms with Gasteiger partial charge in [0.15, 0.2) is 5.17 Å². The molecule has 3 heteroatoms. The number of nitrogens with one attached hydrogen (secondary N) is 1. The van der Waals surface area contributed by atoms with Crippen LogP contribution in [0.2, 0.25) is 0 Å². The molecule has 1 saturated carbocycles. The van der Waals surface area contributed by atoms with Crippen LogP contribution in [0.4, 0.5) is 0 Å². The Hall–Kier alpha value is -0.180. The number of thioether (sulfide) groups is 1. The lowest BCUT2D eigenvalue weighted by molar-refractivity contribution is 0.326. The van der Waals surface area contributed by atoms with Gasteiger partial charge in [0.25, 0.3) is 0 Å². The molecule has 0 radical (unpaired) electrons. The molecule has 2 fully saturated rings. The summed E-state index contributed by atoms with van der Waals surface area (Å²) in [5, 5.41) is 4.55. The summed E-state index contributed by atoms with van der Waals surface area (Å²) in [6, 6.07) is 0.621. The van der Waals surface area contributed by atoms with E-state index in [0.717, 1.165) is 12.5 Å². The second kappa shape index (κ2) is 3.69. The van der Waals surface area contributed by atoms with Crippen molar-refractivity contribution in [2.24, 2.45) is 10.9 Å². The maximum Gasteiger partial charge on any atom is 0.156 e. The van der Waals surface area contributed by atoms with Crippen LogP contribution in [0.25, 0.3) is 0 Å². The second-order valence-corrected chi connectivity index (χ2v) is 4.81. The van der Waals surface area contributed by atoms with Gasteiger partial charge in [0.2, 0.25) is 0 Å². The predicted octanol–water partition coefficient (Wildman–Crippen LogP) is 1.87. The minimum atomic E-state index is 0.621. The standard InChI is InChI=1S/C9H16N2S/c1-7-6-12-9(11-7)10-5-8-3-2-4-8/h7-8H,2-6H2,1H3,(H,10,11). The lowest BCUT2D eigenvalue weighted by Gasteiger charge is -2.23. The van der Waals surface area contributed by atoms with Crippen LogP contribution in [0.3, 0.4) is 0 Å². The Bertz CT molecular complexity index is 187. The van der Waals surface area contributed by atoms with E-state index in [4.69, 9.17) is 0 Å². The predicted molar refractivity (Wildman–Crippen MR) is 54.7 cm³/mol. The molecule has 2 nitrogen and oxygen atoms in total. The van der Waals surface area contributed by atoms with Gasteiger partial charge >= 0.3 is 0 Å². The van der Waals surface area contributed by atoms with Gasteiger partial charge < -0.3 is 5.32 Å². The van der Waals surface area contributed by atoms with E-state index in [1.165, 1.54) is 30.2 Å². The molecule has 2 aliphatic rings. The van der Waals surface area contributed by atoms with Crippen molar-refractivity contribution in [3.63, 3.8) is 0 Å². The van der Waals surface area contributed by atoms with Crippen LogP contribution in [0.5, 0.6) is 0 Å². The molecule has 0 aromatic carbocycles. The van der Waals surface area contributed by atoms with Crippen molar-refractivity contribution in [3.05, 3.63) is 0 Å². The molecule has 0 aromatic rings. The molecule has 12 heavy (non-hydrogen) atoms. The highest BCUT2D eigenvalue weighted by molar-refractivity contribution is 8.14. The molecule has 2 rings (SSSR count). The summed E-state index contributed by atoms with van der Waals surface area (Å²) in [4.78, 5) is 4.56. The molecule has 1 heterocycles. The van der Waals surface area contributed by atoms with Crippen molar-refractivity contribution in [2.75, 3.05) is 12.3 Å². The molecule has 1 unspecified atom stereocenters. The molecule has 1 aliphatic heterocycles. The maximum absolute atomic E-state index is 4.56. The van der Waals surface area contributed by atoms with Crippen LogP contribution in [0, 0.1) is 5.92 Å². The third kappa shape index (κ3) is 1.94. The highest BCUT2D eigenvalue weighted by Gasteiger charge is 2.19. The topological polar surface area (TPSA) is 24.4 Å². The monoisotopic (exact) mass is 184 g/mol. The van der Waals surface area contributed by atoms with Gasteiger partial charge in [0.1, 0.15) is 0 Å². The highest BCUT2D eigenvalue weighted by Crippen LogP contribution is 2.26. The zero-order chi connectivity index (χ0) is 8.39. The average Bonchev–Trinajstić information content (AvgIpc) is 2.32. The molecule has 0 aromatic heterocycles. The van der Waals surface area contributed by atoms with E-state index in [2.05, 4.69) is 17.2 Å². The van der Waals surface area contributed by atoms with Crippen molar-refractivity contribution in [1.29, 1.82) is 0 Å². The number of amidine groups is 1. The summed E-state index contributed by atoms with van der Waals surface area (Å²) in [6.45, 7) is 3.26. The zero-order valence-electron chi connectivity index (χ0n) is 7.55. The molecule has 0 spiro atoms. The van der Waals surface area contributed by atoms with Gasteiger partial charge in [-0.2, -0.15) is 0 Å². The van der Waals surface area contributed by atoms with Crippen molar-refractivity contribution in [2.45, 2.75) is 32.2 Å². The molecular weight excluding hydrogens is 168 g/mol. The average molecular weight is 184 g/mol. The molecule has 1 saturated heterocycles. The van der Waals surface area contributed by atoms with E-state index in [1.807, 2.05) is 11.8 Å². The second-order valence-electron chi connectivity index (χ2n) is 3.80. The largest absolute Gasteiger partial charge is 0.362 e. The Labute approximate surface area is 78.2 Å². The minimum absolute atomic E-state index is 0.621. The van der Waals surface area contributed by atoms with Gasteiger partial charge in [-0.3, -0.25) is 4.99 Å². The fraction of sp³-hybridized carbons (Fsp3) is 0.889. The van der Waals surface area contributed by atoms with Crippen molar-refractivity contribution >= 4 is 16.9 Å². The van der Waals surface area contributed by atoms with Gasteiger partial charge in [-0.25, -0.2) is 0 Å². The lowest BCUT2D eigenvalue weighted by atomic mass is 9.86. The number of hydrogen-bond donors (Lipinski definition) is 1. The number of hydrogen-bond acceptors (Lipinski definition) is 2. The van der Waals surface area contributed by atoms with Crippen molar-refractivity contribution < 1.29 is 0 Å². The Morgan fingerprint density at radius 2 is 2.42 bits per heavy atom. The van der Waals surface area contributed by atoms with E-state index in [0.29, 0.717) is 6.04 Å². The summed E-state index contributed by atoms with van der Waals surface area (Å²) in [6.07, 6.45) is 4.22. The molecule has 1 aliphatic carbocycles. The molecule has 0 bridgehead atoms. The summed E-state index contributed by atoms with van der Waals surface area (Å²) in [5.41, 5.74) is 0. The SMILES string of the molecule is CC1CSC(=NCC2CCC2)N1. The van der Waals surface area contributed by atoms with E-state index >= 15 is 0 Å². The van der Waals surface area contributed by atoms with Crippen LogP contribution >= 0.6 is 11.8 Å². The number of nitrogens with zero attached hydrogens (tertiary/aromatic N) is 1. The first-order chi connectivity index (χ1) is 5.84. The zero-order valence-corrected chi connectivity index (χ0v) is 8.36. The summed E-state index contributed by atoms with van der Waals surface area (Å²) < 4.78 is 0. The van der Waals surface area contributed by atoms with Crippen LogP contribution < -0.4 is 5.32 Å². The first-order valence-corrected chi connectivity index (χ1v) is 5.77. The van der Waals surface area contributed by atoms with Gasteiger partial charge in [-0.05, 0) is 25.7 Å². The maximum atomic E-state index is 4.56. The van der Waals surface area contributed by atoms with E-state index < -0.39 is 0 Å². The quantitative estimate of drug-likeness (QED) is 0.708. The number of aliphatic imine (C=N–C) groups is 1. The van der Waals surface area contributed by atoms with Crippen molar-refractivity contribution in [1.82, 2.24) is 5.32 Å². The highest BCUT2D eigenvalue weighted by atomic mass is 32.2. The van der Waals surface area contributed by atoms with Gasteiger partial charge in [0.05, 0.1) is 0 Å². The van der Waals surface area contributed by atoms with E-state index in [-0.39, 0.29) is 0 Å². The van der Waals surface area contributed by atoms with Gasteiger partial charge in [-0.15, -0.1) is 0 Å². The smallest absolute Gasteiger partial charge is 0.156 e. The summed E-state index contributed by atoms with van der Waals surface area (Å²) in [7, 11) is 0. The third-order valence-corrected chi connectivity index (χ3v) is 3.74. The van der Waals surface area contributed by atoms with Gasteiger partial charge in [-0.1, -0.05) is 18.2 Å². The minimum Gasteiger partial charge on any atom is -0.362 e. The van der Waals surface area contributed by atoms with Gasteiger partial charge in [0, 0.05) is 18.3 Å². The molecular formula is C9H16N2S. The Balaban J connectivity index is 1.75. The van der Waals surface area contributed by atoms with Crippen LogP contribution in [0.15, 0.2) is 4.99 Å². The van der Waals surface area contributed by atoms with Crippen LogP contribution in [0.1, 0.15) is 26.2 Å². The fourth-order valence-corrected chi connectivity index (χ4v) is 2.42. The Morgan fingerprint density at radius 1 is 1.58 bits per heavy atom. The third-order valence-electron chi connectivity index (χ3n) is 2.56. The lowest BCUT2D eigenvalue weighted by Crippen LogP contribution is -2.24. The van der Waals surface area contributed by atoms with Crippen LogP contribution in [-0.2, 0) is 0 Å². The molecule has 68 valence electrons. The van der Waals surface area contributed by atoms with E-state index in [9.17, 15) is 0 Å². The fourth-order valence-electron chi connectivity index (χ4n) is 1.48. The Kier molecular flexibility index (Phi) is 2.59. The normalized spacial score (nSPS) is 33.4. The molecule has 1 atom stereocenters. The number of rotatable bonds is 2. The van der Waals surface area contributed by atoms with E-state index in [1.54, 1.807) is 0 Å².